The molecular formula is C17H14N4O. The zero-order chi connectivity index (χ0) is 15.4. The van der Waals surface area contributed by atoms with Gasteiger partial charge >= 0.3 is 0 Å². The summed E-state index contributed by atoms with van der Waals surface area (Å²) in [7, 11) is 0. The second kappa shape index (κ2) is 6.12. The highest BCUT2D eigenvalue weighted by Gasteiger charge is 2.05. The summed E-state index contributed by atoms with van der Waals surface area (Å²) in [6.07, 6.45) is 0. The molecule has 0 aliphatic carbocycles. The van der Waals surface area contributed by atoms with Crippen molar-refractivity contribution in [3.8, 4) is 11.8 Å². The predicted molar refractivity (Wildman–Crippen MR) is 85.0 cm³/mol. The molecule has 0 saturated carbocycles. The van der Waals surface area contributed by atoms with Gasteiger partial charge in [-0.25, -0.2) is 10.8 Å². The van der Waals surface area contributed by atoms with Crippen molar-refractivity contribution in [1.82, 2.24) is 4.98 Å². The fraction of sp³-hybridized carbons (Fsp3) is 0.0588. The predicted octanol–water partition coefficient (Wildman–Crippen LogP) is 2.97. The van der Waals surface area contributed by atoms with E-state index in [9.17, 15) is 0 Å². The summed E-state index contributed by atoms with van der Waals surface area (Å²) < 4.78 is 5.86. The van der Waals surface area contributed by atoms with Gasteiger partial charge in [-0.05, 0) is 35.9 Å². The lowest BCUT2D eigenvalue weighted by atomic mass is 10.1. The van der Waals surface area contributed by atoms with Gasteiger partial charge in [0.2, 0.25) is 0 Å². The Morgan fingerprint density at radius 1 is 1.09 bits per heavy atom. The molecule has 0 aliphatic rings. The standard InChI is InChI=1S/C17H14N4O/c18-10-12-4-6-13(7-5-12)11-22-15-3-1-2-14-8-9-16(21-19)20-17(14)15/h1-9H,11,19H2,(H,20,21). The van der Waals surface area contributed by atoms with Crippen LogP contribution in [0.4, 0.5) is 5.82 Å². The van der Waals surface area contributed by atoms with Gasteiger partial charge in [0.15, 0.2) is 0 Å². The second-order valence-electron chi connectivity index (χ2n) is 4.77. The maximum atomic E-state index is 8.80. The van der Waals surface area contributed by atoms with Crippen molar-refractivity contribution in [3.63, 3.8) is 0 Å². The first kappa shape index (κ1) is 13.9. The number of aromatic nitrogens is 1. The van der Waals surface area contributed by atoms with Gasteiger partial charge in [-0.3, -0.25) is 0 Å². The number of nitrogen functional groups attached to an aromatic ring is 1. The molecule has 3 rings (SSSR count). The summed E-state index contributed by atoms with van der Waals surface area (Å²) in [5.41, 5.74) is 4.92. The van der Waals surface area contributed by atoms with Crippen molar-refractivity contribution in [2.24, 2.45) is 5.84 Å². The van der Waals surface area contributed by atoms with Crippen molar-refractivity contribution in [1.29, 1.82) is 5.26 Å². The number of hydrogen-bond donors (Lipinski definition) is 2. The first-order valence-corrected chi connectivity index (χ1v) is 6.78. The minimum atomic E-state index is 0.410. The van der Waals surface area contributed by atoms with Crippen molar-refractivity contribution in [2.75, 3.05) is 5.43 Å². The Balaban J connectivity index is 1.85. The summed E-state index contributed by atoms with van der Waals surface area (Å²) in [5.74, 6) is 6.68. The molecular weight excluding hydrogens is 276 g/mol. The number of fused-ring (bicyclic) bond motifs is 1. The van der Waals surface area contributed by atoms with Gasteiger partial charge in [0.05, 0.1) is 11.6 Å². The molecule has 5 heteroatoms. The van der Waals surface area contributed by atoms with Gasteiger partial charge in [-0.15, -0.1) is 0 Å². The molecule has 3 N–H and O–H groups in total. The van der Waals surface area contributed by atoms with Gasteiger partial charge in [0.1, 0.15) is 23.7 Å². The number of nitriles is 1. The molecule has 0 bridgehead atoms. The van der Waals surface area contributed by atoms with E-state index in [0.29, 0.717) is 23.7 Å². The van der Waals surface area contributed by atoms with Gasteiger partial charge in [0, 0.05) is 5.39 Å². The topological polar surface area (TPSA) is 84.0 Å². The van der Waals surface area contributed by atoms with E-state index >= 15 is 0 Å². The smallest absolute Gasteiger partial charge is 0.146 e. The summed E-state index contributed by atoms with van der Waals surface area (Å²) in [5, 5.41) is 9.78. The number of hydrogen-bond acceptors (Lipinski definition) is 5. The number of para-hydroxylation sites is 1. The molecule has 0 spiro atoms. The SMILES string of the molecule is N#Cc1ccc(COc2cccc3ccc(NN)nc23)cc1. The van der Waals surface area contributed by atoms with E-state index in [1.54, 1.807) is 12.1 Å². The van der Waals surface area contributed by atoms with Crippen LogP contribution in [0.2, 0.25) is 0 Å². The maximum absolute atomic E-state index is 8.80. The molecule has 1 aromatic heterocycles. The number of nitrogens with one attached hydrogen (secondary N) is 1. The van der Waals surface area contributed by atoms with Crippen LogP contribution >= 0.6 is 0 Å². The van der Waals surface area contributed by atoms with Gasteiger partial charge in [-0.2, -0.15) is 5.26 Å². The molecule has 22 heavy (non-hydrogen) atoms. The van der Waals surface area contributed by atoms with Crippen LogP contribution in [-0.2, 0) is 6.61 Å². The van der Waals surface area contributed by atoms with Crippen molar-refractivity contribution >= 4 is 16.7 Å². The minimum Gasteiger partial charge on any atom is -0.487 e. The van der Waals surface area contributed by atoms with E-state index in [2.05, 4.69) is 16.5 Å². The Labute approximate surface area is 127 Å². The quantitative estimate of drug-likeness (QED) is 0.570. The highest BCUT2D eigenvalue weighted by molar-refractivity contribution is 5.85. The van der Waals surface area contributed by atoms with Gasteiger partial charge < -0.3 is 10.2 Å². The highest BCUT2D eigenvalue weighted by atomic mass is 16.5. The summed E-state index contributed by atoms with van der Waals surface area (Å²) in [4.78, 5) is 4.43. The normalized spacial score (nSPS) is 10.2. The Morgan fingerprint density at radius 3 is 2.64 bits per heavy atom. The number of ether oxygens (including phenoxy) is 1. The molecule has 0 saturated heterocycles. The first-order valence-electron chi connectivity index (χ1n) is 6.78. The number of benzene rings is 2. The first-order chi connectivity index (χ1) is 10.8. The van der Waals surface area contributed by atoms with Crippen LogP contribution in [0, 0.1) is 11.3 Å². The second-order valence-corrected chi connectivity index (χ2v) is 4.77. The highest BCUT2D eigenvalue weighted by Crippen LogP contribution is 2.25. The van der Waals surface area contributed by atoms with Crippen LogP contribution in [0.1, 0.15) is 11.1 Å². The van der Waals surface area contributed by atoms with E-state index in [4.69, 9.17) is 15.8 Å². The van der Waals surface area contributed by atoms with Crippen LogP contribution in [0.15, 0.2) is 54.6 Å². The van der Waals surface area contributed by atoms with Crippen LogP contribution < -0.4 is 16.0 Å². The third kappa shape index (κ3) is 2.82. The molecule has 0 aliphatic heterocycles. The molecule has 0 fully saturated rings. The molecule has 3 aromatic rings. The third-order valence-corrected chi connectivity index (χ3v) is 3.31. The number of rotatable bonds is 4. The largest absolute Gasteiger partial charge is 0.487 e. The molecule has 0 radical (unpaired) electrons. The average molecular weight is 290 g/mol. The number of nitrogens with zero attached hydrogens (tertiary/aromatic N) is 2. The van der Waals surface area contributed by atoms with Crippen LogP contribution in [0.5, 0.6) is 5.75 Å². The summed E-state index contributed by atoms with van der Waals surface area (Å²) in [6, 6.07) is 18.9. The van der Waals surface area contributed by atoms with Crippen molar-refractivity contribution < 1.29 is 4.74 Å². The van der Waals surface area contributed by atoms with E-state index < -0.39 is 0 Å². The number of anilines is 1. The monoisotopic (exact) mass is 290 g/mol. The maximum Gasteiger partial charge on any atom is 0.146 e. The number of hydrazine groups is 1. The van der Waals surface area contributed by atoms with Gasteiger partial charge in [0.25, 0.3) is 0 Å². The van der Waals surface area contributed by atoms with Crippen LogP contribution in [0.25, 0.3) is 10.9 Å². The Morgan fingerprint density at radius 2 is 1.91 bits per heavy atom. The lowest BCUT2D eigenvalue weighted by Crippen LogP contribution is -2.08. The lowest BCUT2D eigenvalue weighted by Gasteiger charge is -2.10. The number of pyridine rings is 1. The van der Waals surface area contributed by atoms with E-state index in [1.165, 1.54) is 0 Å². The fourth-order valence-electron chi connectivity index (χ4n) is 2.15. The lowest BCUT2D eigenvalue weighted by molar-refractivity contribution is 0.309. The minimum absolute atomic E-state index is 0.410. The number of nitrogens with two attached hydrogens (primary N) is 1. The zero-order valence-corrected chi connectivity index (χ0v) is 11.8. The van der Waals surface area contributed by atoms with Crippen molar-refractivity contribution in [2.45, 2.75) is 6.61 Å². The summed E-state index contributed by atoms with van der Waals surface area (Å²) in [6.45, 7) is 0.410. The van der Waals surface area contributed by atoms with Gasteiger partial charge in [-0.1, -0.05) is 24.3 Å². The van der Waals surface area contributed by atoms with Crippen molar-refractivity contribution in [3.05, 3.63) is 65.7 Å². The fourth-order valence-corrected chi connectivity index (χ4v) is 2.15. The Bertz CT molecular complexity index is 837. The van der Waals surface area contributed by atoms with E-state index in [1.807, 2.05) is 42.5 Å². The molecule has 1 heterocycles. The zero-order valence-electron chi connectivity index (χ0n) is 11.8. The Kier molecular flexibility index (Phi) is 3.86. The third-order valence-electron chi connectivity index (χ3n) is 3.31. The molecule has 0 atom stereocenters. The van der Waals surface area contributed by atoms with Crippen LogP contribution in [0.3, 0.4) is 0 Å². The summed E-state index contributed by atoms with van der Waals surface area (Å²) >= 11 is 0. The average Bonchev–Trinajstić information content (AvgIpc) is 2.59. The molecule has 5 nitrogen and oxygen atoms in total. The molecule has 2 aromatic carbocycles. The van der Waals surface area contributed by atoms with Crippen LogP contribution in [-0.4, -0.2) is 4.98 Å². The molecule has 0 unspecified atom stereocenters. The Hall–Kier alpha value is -3.10. The molecule has 0 amide bonds. The van der Waals surface area contributed by atoms with E-state index in [0.717, 1.165) is 16.5 Å². The van der Waals surface area contributed by atoms with E-state index in [-0.39, 0.29) is 0 Å². The molecule has 108 valence electrons.